The summed E-state index contributed by atoms with van der Waals surface area (Å²) in [5.41, 5.74) is 7.12. The maximum absolute atomic E-state index is 14.1. The summed E-state index contributed by atoms with van der Waals surface area (Å²) in [5.74, 6) is -0.145. The molecule has 44 heavy (non-hydrogen) atoms. The Hall–Kier alpha value is -5.55. The number of hydrogen-bond donors (Lipinski definition) is 0. The van der Waals surface area contributed by atoms with Crippen LogP contribution in [0.15, 0.2) is 158 Å². The van der Waals surface area contributed by atoms with Gasteiger partial charge in [0.2, 0.25) is 5.78 Å². The maximum atomic E-state index is 14.1. The molecule has 0 atom stereocenters. The molecule has 2 heterocycles. The fourth-order valence-corrected chi connectivity index (χ4v) is 5.51. The second-order valence-electron chi connectivity index (χ2n) is 10.5. The Bertz CT molecular complexity index is 1570. The second kappa shape index (κ2) is 14.1. The highest BCUT2D eigenvalue weighted by Gasteiger charge is 2.21. The molecule has 0 spiro atoms. The number of aromatic nitrogens is 2. The van der Waals surface area contributed by atoms with Crippen LogP contribution in [0, 0.1) is 0 Å². The van der Waals surface area contributed by atoms with Gasteiger partial charge in [0, 0.05) is 48.2 Å². The molecule has 0 aliphatic rings. The van der Waals surface area contributed by atoms with Crippen molar-refractivity contribution in [1.82, 2.24) is 9.97 Å². The summed E-state index contributed by atoms with van der Waals surface area (Å²) in [6.07, 6.45) is 4.68. The average Bonchev–Trinajstić information content (AvgIpc) is 3.10. The molecule has 0 aliphatic carbocycles. The smallest absolute Gasteiger partial charge is 0.230 e. The lowest BCUT2D eigenvalue weighted by Crippen LogP contribution is -2.23. The van der Waals surface area contributed by atoms with Gasteiger partial charge < -0.3 is 9.80 Å². The van der Waals surface area contributed by atoms with Crippen LogP contribution >= 0.6 is 0 Å². The zero-order valence-corrected chi connectivity index (χ0v) is 24.5. The number of rotatable bonds is 12. The molecule has 5 heteroatoms. The minimum Gasteiger partial charge on any atom is -0.341 e. The first-order valence-corrected chi connectivity index (χ1v) is 15.0. The monoisotopic (exact) mass is 574 g/mol. The number of carbonyl (C=O) groups is 1. The molecular weight excluding hydrogens is 540 g/mol. The summed E-state index contributed by atoms with van der Waals surface area (Å²) in [6, 6.07) is 49.1. The molecule has 0 bridgehead atoms. The van der Waals surface area contributed by atoms with Crippen molar-refractivity contribution < 1.29 is 4.79 Å². The Morgan fingerprint density at radius 3 is 1.07 bits per heavy atom. The molecule has 4 aromatic carbocycles. The highest BCUT2D eigenvalue weighted by molar-refractivity contribution is 6.08. The van der Waals surface area contributed by atoms with Crippen LogP contribution in [-0.4, -0.2) is 28.8 Å². The fraction of sp³-hybridized carbons (Fsp3) is 0.103. The molecule has 2 aromatic heterocycles. The fourth-order valence-electron chi connectivity index (χ4n) is 5.51. The van der Waals surface area contributed by atoms with Crippen LogP contribution in [0.5, 0.6) is 0 Å². The summed E-state index contributed by atoms with van der Waals surface area (Å²) in [7, 11) is 0. The summed E-state index contributed by atoms with van der Waals surface area (Å²) < 4.78 is 0. The van der Waals surface area contributed by atoms with Crippen molar-refractivity contribution in [3.05, 3.63) is 181 Å². The number of pyridine rings is 2. The van der Waals surface area contributed by atoms with E-state index in [9.17, 15) is 4.79 Å². The lowest BCUT2D eigenvalue weighted by Gasteiger charge is -2.26. The van der Waals surface area contributed by atoms with Crippen molar-refractivity contribution in [1.29, 1.82) is 0 Å². The normalized spacial score (nSPS) is 10.7. The zero-order chi connectivity index (χ0) is 30.0. The van der Waals surface area contributed by atoms with E-state index in [1.807, 2.05) is 97.1 Å². The molecule has 0 saturated heterocycles. The van der Waals surface area contributed by atoms with Gasteiger partial charge in [0.1, 0.15) is 11.4 Å². The summed E-state index contributed by atoms with van der Waals surface area (Å²) in [4.78, 5) is 27.8. The van der Waals surface area contributed by atoms with Gasteiger partial charge in [-0.2, -0.15) is 0 Å². The molecule has 0 amide bonds. The van der Waals surface area contributed by atoms with E-state index in [0.29, 0.717) is 37.3 Å². The third kappa shape index (κ3) is 6.74. The molecule has 6 rings (SSSR count). The average molecular weight is 575 g/mol. The number of hydrogen-bond acceptors (Lipinski definition) is 5. The number of carbonyl (C=O) groups excluding carboxylic acids is 1. The van der Waals surface area contributed by atoms with Crippen molar-refractivity contribution in [3.8, 4) is 0 Å². The van der Waals surface area contributed by atoms with Gasteiger partial charge >= 0.3 is 0 Å². The van der Waals surface area contributed by atoms with Crippen molar-refractivity contribution >= 4 is 28.5 Å². The SMILES string of the molecule is O=C(c1ncccc1CCN(c1ccccc1)c1ccccc1)c1ncccc1CCN(c1ccccc1)c1ccccc1. The van der Waals surface area contributed by atoms with Crippen LogP contribution in [0.25, 0.3) is 0 Å². The third-order valence-electron chi connectivity index (χ3n) is 7.69. The van der Waals surface area contributed by atoms with Gasteiger partial charge in [-0.1, -0.05) is 84.9 Å². The Kier molecular flexibility index (Phi) is 9.14. The maximum Gasteiger partial charge on any atom is 0.230 e. The van der Waals surface area contributed by atoms with Crippen molar-refractivity contribution in [2.75, 3.05) is 22.9 Å². The Labute approximate surface area is 259 Å². The number of nitrogens with zero attached hydrogens (tertiary/aromatic N) is 4. The number of benzene rings is 4. The minimum absolute atomic E-state index is 0.145. The third-order valence-corrected chi connectivity index (χ3v) is 7.69. The molecule has 6 aromatic rings. The highest BCUT2D eigenvalue weighted by Crippen LogP contribution is 2.27. The molecule has 0 N–H and O–H groups in total. The summed E-state index contributed by atoms with van der Waals surface area (Å²) in [6.45, 7) is 1.39. The lowest BCUT2D eigenvalue weighted by atomic mass is 10.00. The van der Waals surface area contributed by atoms with Crippen molar-refractivity contribution in [3.63, 3.8) is 0 Å². The molecule has 0 saturated carbocycles. The van der Waals surface area contributed by atoms with E-state index in [0.717, 1.165) is 33.9 Å². The predicted molar refractivity (Wildman–Crippen MR) is 179 cm³/mol. The highest BCUT2D eigenvalue weighted by atomic mass is 16.1. The van der Waals surface area contributed by atoms with E-state index >= 15 is 0 Å². The molecule has 0 unspecified atom stereocenters. The second-order valence-corrected chi connectivity index (χ2v) is 10.5. The number of anilines is 4. The predicted octanol–water partition coefficient (Wildman–Crippen LogP) is 8.47. The van der Waals surface area contributed by atoms with E-state index in [2.05, 4.69) is 68.3 Å². The van der Waals surface area contributed by atoms with Gasteiger partial charge in [-0.3, -0.25) is 14.8 Å². The quantitative estimate of drug-likeness (QED) is 0.137. The van der Waals surface area contributed by atoms with Crippen molar-refractivity contribution in [2.24, 2.45) is 0 Å². The number of para-hydroxylation sites is 4. The molecule has 0 fully saturated rings. The van der Waals surface area contributed by atoms with E-state index in [-0.39, 0.29) is 5.78 Å². The summed E-state index contributed by atoms with van der Waals surface area (Å²) >= 11 is 0. The van der Waals surface area contributed by atoms with E-state index < -0.39 is 0 Å². The van der Waals surface area contributed by atoms with E-state index in [1.165, 1.54) is 0 Å². The van der Waals surface area contributed by atoms with Gasteiger partial charge in [-0.25, -0.2) is 0 Å². The van der Waals surface area contributed by atoms with Gasteiger partial charge in [0.05, 0.1) is 0 Å². The first-order valence-electron chi connectivity index (χ1n) is 15.0. The molecule has 216 valence electrons. The van der Waals surface area contributed by atoms with Gasteiger partial charge in [0.15, 0.2) is 0 Å². The number of ketones is 1. The topological polar surface area (TPSA) is 49.3 Å². The van der Waals surface area contributed by atoms with E-state index in [1.54, 1.807) is 12.4 Å². The van der Waals surface area contributed by atoms with Gasteiger partial charge in [-0.05, 0) is 84.6 Å². The zero-order valence-electron chi connectivity index (χ0n) is 24.5. The van der Waals surface area contributed by atoms with Crippen LogP contribution < -0.4 is 9.80 Å². The molecule has 5 nitrogen and oxygen atoms in total. The largest absolute Gasteiger partial charge is 0.341 e. The van der Waals surface area contributed by atoms with E-state index in [4.69, 9.17) is 0 Å². The van der Waals surface area contributed by atoms with Crippen LogP contribution in [-0.2, 0) is 12.8 Å². The standard InChI is InChI=1S/C39H34N4O/c44-39(37-31(15-13-27-40-37)25-29-42(33-17-5-1-6-18-33)34-19-7-2-8-20-34)38-32(16-14-28-41-38)26-30-43(35-21-9-3-10-22-35)36-23-11-4-12-24-36/h1-24,27-28H,25-26,29-30H2. The first kappa shape index (κ1) is 28.6. The molecule has 0 aliphatic heterocycles. The Morgan fingerprint density at radius 1 is 0.432 bits per heavy atom. The van der Waals surface area contributed by atoms with Gasteiger partial charge in [0.25, 0.3) is 0 Å². The summed E-state index contributed by atoms with van der Waals surface area (Å²) in [5, 5.41) is 0. The Morgan fingerprint density at radius 2 is 0.750 bits per heavy atom. The Balaban J connectivity index is 1.25. The molecule has 0 radical (unpaired) electrons. The van der Waals surface area contributed by atoms with Crippen molar-refractivity contribution in [2.45, 2.75) is 12.8 Å². The van der Waals surface area contributed by atoms with Crippen LogP contribution in [0.4, 0.5) is 22.7 Å². The van der Waals surface area contributed by atoms with Gasteiger partial charge in [-0.15, -0.1) is 0 Å². The van der Waals surface area contributed by atoms with Crippen LogP contribution in [0.2, 0.25) is 0 Å². The van der Waals surface area contributed by atoms with Crippen LogP contribution in [0.3, 0.4) is 0 Å². The minimum atomic E-state index is -0.145. The first-order chi connectivity index (χ1) is 21.8. The molecular formula is C39H34N4O. The van der Waals surface area contributed by atoms with Crippen LogP contribution in [0.1, 0.15) is 27.3 Å². The lowest BCUT2D eigenvalue weighted by molar-refractivity contribution is 0.102.